The van der Waals surface area contributed by atoms with Gasteiger partial charge in [-0.2, -0.15) is 4.37 Å². The highest BCUT2D eigenvalue weighted by molar-refractivity contribution is 7.89. The summed E-state index contributed by atoms with van der Waals surface area (Å²) in [6.45, 7) is 4.18. The molecule has 0 aliphatic carbocycles. The zero-order valence-electron chi connectivity index (χ0n) is 16.5. The lowest BCUT2D eigenvalue weighted by atomic mass is 10.1. The number of hydrogen-bond acceptors (Lipinski definition) is 7. The molecular formula is C20H24N4O3S2. The molecule has 3 rings (SSSR count). The summed E-state index contributed by atoms with van der Waals surface area (Å²) in [5.74, 6) is 1.36. The highest BCUT2D eigenvalue weighted by atomic mass is 32.2. The zero-order valence-corrected chi connectivity index (χ0v) is 18.2. The summed E-state index contributed by atoms with van der Waals surface area (Å²) < 4.78 is 36.9. The van der Waals surface area contributed by atoms with Gasteiger partial charge < -0.3 is 10.1 Å². The highest BCUT2D eigenvalue weighted by Gasteiger charge is 2.16. The van der Waals surface area contributed by atoms with E-state index in [1.54, 1.807) is 12.1 Å². The maximum absolute atomic E-state index is 12.4. The van der Waals surface area contributed by atoms with Crippen molar-refractivity contribution in [1.29, 1.82) is 0 Å². The molecule has 0 amide bonds. The van der Waals surface area contributed by atoms with Crippen LogP contribution in [0.4, 0.5) is 5.13 Å². The number of anilines is 1. The van der Waals surface area contributed by atoms with E-state index in [1.165, 1.54) is 41.9 Å². The van der Waals surface area contributed by atoms with Gasteiger partial charge in [-0.15, -0.1) is 0 Å². The number of hydrogen-bond donors (Lipinski definition) is 2. The predicted molar refractivity (Wildman–Crippen MR) is 115 cm³/mol. The average Bonchev–Trinajstić information content (AvgIpc) is 3.15. The molecule has 2 aromatic carbocycles. The third kappa shape index (κ3) is 5.75. The number of methoxy groups -OCH3 is 1. The van der Waals surface area contributed by atoms with Crippen LogP contribution in [0.5, 0.6) is 5.75 Å². The third-order valence-electron chi connectivity index (χ3n) is 4.40. The maximum Gasteiger partial charge on any atom is 0.240 e. The molecule has 0 spiro atoms. The monoisotopic (exact) mass is 432 g/mol. The van der Waals surface area contributed by atoms with Gasteiger partial charge in [0.15, 0.2) is 0 Å². The van der Waals surface area contributed by atoms with Gasteiger partial charge in [0.05, 0.1) is 12.0 Å². The summed E-state index contributed by atoms with van der Waals surface area (Å²) in [7, 11) is -2.05. The van der Waals surface area contributed by atoms with Crippen LogP contribution in [0.2, 0.25) is 0 Å². The van der Waals surface area contributed by atoms with E-state index in [0.717, 1.165) is 5.82 Å². The van der Waals surface area contributed by atoms with Crippen LogP contribution in [0.1, 0.15) is 23.9 Å². The number of sulfonamides is 1. The largest absolute Gasteiger partial charge is 0.497 e. The number of ether oxygens (including phenoxy) is 1. The van der Waals surface area contributed by atoms with E-state index >= 15 is 0 Å². The lowest BCUT2D eigenvalue weighted by Gasteiger charge is -2.14. The van der Waals surface area contributed by atoms with Gasteiger partial charge >= 0.3 is 0 Å². The van der Waals surface area contributed by atoms with Crippen molar-refractivity contribution in [2.24, 2.45) is 0 Å². The fourth-order valence-corrected chi connectivity index (χ4v) is 4.53. The molecule has 2 N–H and O–H groups in total. The number of aromatic nitrogens is 2. The van der Waals surface area contributed by atoms with Crippen molar-refractivity contribution in [2.75, 3.05) is 19.0 Å². The number of rotatable bonds is 9. The molecule has 0 saturated heterocycles. The van der Waals surface area contributed by atoms with Crippen LogP contribution in [-0.2, 0) is 16.4 Å². The Labute approximate surface area is 175 Å². The molecule has 3 aromatic rings. The van der Waals surface area contributed by atoms with Crippen LogP contribution in [-0.4, -0.2) is 37.5 Å². The lowest BCUT2D eigenvalue weighted by Crippen LogP contribution is -2.34. The fraction of sp³-hybridized carbons (Fsp3) is 0.300. The van der Waals surface area contributed by atoms with E-state index in [2.05, 4.69) is 38.5 Å². The van der Waals surface area contributed by atoms with Gasteiger partial charge in [-0.1, -0.05) is 24.3 Å². The summed E-state index contributed by atoms with van der Waals surface area (Å²) in [5.41, 5.74) is 2.40. The first-order valence-electron chi connectivity index (χ1n) is 9.15. The molecule has 1 atom stereocenters. The summed E-state index contributed by atoms with van der Waals surface area (Å²) in [5, 5.41) is 3.87. The van der Waals surface area contributed by atoms with Gasteiger partial charge in [0.2, 0.25) is 15.2 Å². The van der Waals surface area contributed by atoms with Gasteiger partial charge in [0.25, 0.3) is 0 Å². The van der Waals surface area contributed by atoms with Crippen LogP contribution in [0.15, 0.2) is 53.4 Å². The van der Waals surface area contributed by atoms with E-state index in [4.69, 9.17) is 4.74 Å². The Kier molecular flexibility index (Phi) is 6.83. The second-order valence-electron chi connectivity index (χ2n) is 6.69. The Morgan fingerprint density at radius 1 is 1.14 bits per heavy atom. The van der Waals surface area contributed by atoms with E-state index in [1.807, 2.05) is 19.1 Å². The molecule has 0 aliphatic rings. The fourth-order valence-electron chi connectivity index (χ4n) is 2.70. The average molecular weight is 433 g/mol. The molecule has 0 fully saturated rings. The van der Waals surface area contributed by atoms with Crippen LogP contribution in [0.25, 0.3) is 0 Å². The second kappa shape index (κ2) is 9.34. The molecule has 9 heteroatoms. The smallest absolute Gasteiger partial charge is 0.240 e. The first-order valence-corrected chi connectivity index (χ1v) is 11.4. The minimum Gasteiger partial charge on any atom is -0.497 e. The quantitative estimate of drug-likeness (QED) is 0.539. The minimum absolute atomic E-state index is 0.151. The Bertz CT molecular complexity index is 1050. The van der Waals surface area contributed by atoms with Crippen molar-refractivity contribution < 1.29 is 13.2 Å². The summed E-state index contributed by atoms with van der Waals surface area (Å²) >= 11 is 1.27. The van der Waals surface area contributed by atoms with Crippen LogP contribution in [0.3, 0.4) is 0 Å². The van der Waals surface area contributed by atoms with Gasteiger partial charge in [0, 0.05) is 30.5 Å². The highest BCUT2D eigenvalue weighted by Crippen LogP contribution is 2.18. The number of aryl methyl sites for hydroxylation is 1. The molecule has 7 nitrogen and oxygen atoms in total. The predicted octanol–water partition coefficient (Wildman–Crippen LogP) is 3.22. The Hall–Kier alpha value is -2.49. The first kappa shape index (κ1) is 21.2. The number of nitrogens with one attached hydrogen (secondary N) is 2. The van der Waals surface area contributed by atoms with Gasteiger partial charge in [-0.3, -0.25) is 0 Å². The number of benzene rings is 2. The van der Waals surface area contributed by atoms with Crippen LogP contribution in [0, 0.1) is 6.92 Å². The maximum atomic E-state index is 12.4. The van der Waals surface area contributed by atoms with Gasteiger partial charge in [0.1, 0.15) is 11.6 Å². The molecule has 1 heterocycles. The zero-order chi connectivity index (χ0) is 20.9. The molecule has 1 aromatic heterocycles. The normalized spacial score (nSPS) is 12.5. The van der Waals surface area contributed by atoms with Crippen molar-refractivity contribution in [2.45, 2.75) is 31.2 Å². The van der Waals surface area contributed by atoms with Crippen LogP contribution >= 0.6 is 11.5 Å². The molecule has 0 saturated carbocycles. The van der Waals surface area contributed by atoms with Crippen molar-refractivity contribution in [3.05, 3.63) is 65.5 Å². The van der Waals surface area contributed by atoms with Crippen molar-refractivity contribution in [3.63, 3.8) is 0 Å². The second-order valence-corrected chi connectivity index (χ2v) is 9.21. The van der Waals surface area contributed by atoms with E-state index in [0.29, 0.717) is 17.3 Å². The van der Waals surface area contributed by atoms with Gasteiger partial charge in [-0.05, 0) is 49.2 Å². The van der Waals surface area contributed by atoms with Crippen molar-refractivity contribution in [1.82, 2.24) is 14.1 Å². The van der Waals surface area contributed by atoms with Crippen molar-refractivity contribution >= 4 is 26.7 Å². The number of nitrogens with zero attached hydrogens (tertiary/aromatic N) is 2. The molecule has 29 heavy (non-hydrogen) atoms. The Morgan fingerprint density at radius 3 is 2.55 bits per heavy atom. The minimum atomic E-state index is -3.59. The molecular weight excluding hydrogens is 408 g/mol. The van der Waals surface area contributed by atoms with Crippen LogP contribution < -0.4 is 14.8 Å². The van der Waals surface area contributed by atoms with Gasteiger partial charge in [-0.25, -0.2) is 18.1 Å². The first-order chi connectivity index (χ1) is 13.9. The topological polar surface area (TPSA) is 93.2 Å². The summed E-state index contributed by atoms with van der Waals surface area (Å²) in [6.07, 6.45) is 0.670. The third-order valence-corrected chi connectivity index (χ3v) is 6.52. The SMILES string of the molecule is COc1ccc(S(=O)(=O)NCC(C)Nc2nc(Cc3ccccc3C)ns2)cc1. The molecule has 0 radical (unpaired) electrons. The summed E-state index contributed by atoms with van der Waals surface area (Å²) in [4.78, 5) is 4.71. The summed E-state index contributed by atoms with van der Waals surface area (Å²) in [6, 6.07) is 14.3. The van der Waals surface area contributed by atoms with E-state index in [9.17, 15) is 8.42 Å². The molecule has 0 aliphatic heterocycles. The van der Waals surface area contributed by atoms with E-state index < -0.39 is 10.0 Å². The van der Waals surface area contributed by atoms with Crippen molar-refractivity contribution in [3.8, 4) is 5.75 Å². The Morgan fingerprint density at radius 2 is 1.86 bits per heavy atom. The standard InChI is InChI=1S/C20H24N4O3S2/c1-14-6-4-5-7-16(14)12-19-23-20(28-24-19)22-15(2)13-21-29(25,26)18-10-8-17(27-3)9-11-18/h4-11,15,21H,12-13H2,1-3H3,(H,22,23,24). The molecule has 154 valence electrons. The Balaban J connectivity index is 1.54. The molecule has 1 unspecified atom stereocenters. The molecule has 0 bridgehead atoms. The lowest BCUT2D eigenvalue weighted by molar-refractivity contribution is 0.414. The van der Waals surface area contributed by atoms with E-state index in [-0.39, 0.29) is 17.5 Å².